The minimum absolute atomic E-state index is 0.664. The van der Waals surface area contributed by atoms with E-state index >= 15 is 0 Å². The molecule has 2 heterocycles. The van der Waals surface area contributed by atoms with Crippen molar-refractivity contribution in [1.82, 2.24) is 4.98 Å². The molecule has 0 atom stereocenters. The predicted octanol–water partition coefficient (Wildman–Crippen LogP) is 2.86. The van der Waals surface area contributed by atoms with E-state index in [0.29, 0.717) is 6.54 Å². The van der Waals surface area contributed by atoms with Crippen molar-refractivity contribution in [1.29, 1.82) is 0 Å². The molecule has 4 heteroatoms. The molecule has 1 aliphatic heterocycles. The first-order valence-corrected chi connectivity index (χ1v) is 7.64. The number of aromatic nitrogens is 1. The number of rotatable bonds is 3. The van der Waals surface area contributed by atoms with Crippen LogP contribution in [-0.2, 0) is 6.54 Å². The van der Waals surface area contributed by atoms with Gasteiger partial charge in [0, 0.05) is 30.4 Å². The van der Waals surface area contributed by atoms with E-state index in [-0.39, 0.29) is 0 Å². The lowest BCUT2D eigenvalue weighted by Gasteiger charge is -2.18. The van der Waals surface area contributed by atoms with Gasteiger partial charge in [-0.05, 0) is 25.7 Å². The third-order valence-corrected chi connectivity index (χ3v) is 4.90. The van der Waals surface area contributed by atoms with Crippen molar-refractivity contribution in [2.45, 2.75) is 51.0 Å². The Bertz CT molecular complexity index is 376. The summed E-state index contributed by atoms with van der Waals surface area (Å²) in [6.45, 7) is 3.03. The Hall–Kier alpha value is -0.610. The van der Waals surface area contributed by atoms with Gasteiger partial charge < -0.3 is 10.6 Å². The fourth-order valence-corrected chi connectivity index (χ4v) is 3.65. The molecular weight excluding hydrogens is 230 g/mol. The van der Waals surface area contributed by atoms with Crippen molar-refractivity contribution < 1.29 is 0 Å². The summed E-state index contributed by atoms with van der Waals surface area (Å²) in [7, 11) is 0. The van der Waals surface area contributed by atoms with Crippen LogP contribution in [0.1, 0.15) is 55.0 Å². The normalized spacial score (nSPS) is 21.6. The average Bonchev–Trinajstić information content (AvgIpc) is 3.14. The maximum absolute atomic E-state index is 5.84. The monoisotopic (exact) mass is 251 g/mol. The standard InChI is InChI=1S/C13H21N3S/c14-9-11-12(10-5-6-10)15-13(17-11)16-7-3-1-2-4-8-16/h10H,1-9,14H2. The number of hydrogen-bond acceptors (Lipinski definition) is 4. The Morgan fingerprint density at radius 2 is 1.88 bits per heavy atom. The van der Waals surface area contributed by atoms with E-state index in [9.17, 15) is 0 Å². The van der Waals surface area contributed by atoms with Gasteiger partial charge in [0.05, 0.1) is 5.69 Å². The van der Waals surface area contributed by atoms with Gasteiger partial charge in [-0.1, -0.05) is 12.8 Å². The van der Waals surface area contributed by atoms with E-state index in [1.165, 1.54) is 67.3 Å². The van der Waals surface area contributed by atoms with Gasteiger partial charge in [-0.3, -0.25) is 0 Å². The number of hydrogen-bond donors (Lipinski definition) is 1. The van der Waals surface area contributed by atoms with E-state index < -0.39 is 0 Å². The molecule has 1 aromatic heterocycles. The predicted molar refractivity (Wildman–Crippen MR) is 72.7 cm³/mol. The average molecular weight is 251 g/mol. The van der Waals surface area contributed by atoms with Crippen molar-refractivity contribution in [2.75, 3.05) is 18.0 Å². The summed E-state index contributed by atoms with van der Waals surface area (Å²) >= 11 is 1.83. The van der Waals surface area contributed by atoms with Crippen molar-refractivity contribution in [3.05, 3.63) is 10.6 Å². The molecule has 0 amide bonds. The molecule has 0 unspecified atom stereocenters. The van der Waals surface area contributed by atoms with Crippen LogP contribution in [-0.4, -0.2) is 18.1 Å². The second kappa shape index (κ2) is 4.94. The minimum atomic E-state index is 0.664. The lowest BCUT2D eigenvalue weighted by molar-refractivity contribution is 0.726. The molecule has 2 fully saturated rings. The van der Waals surface area contributed by atoms with Crippen molar-refractivity contribution in [3.8, 4) is 0 Å². The first kappa shape index (κ1) is 11.5. The lowest BCUT2D eigenvalue weighted by atomic mass is 10.2. The fraction of sp³-hybridized carbons (Fsp3) is 0.769. The van der Waals surface area contributed by atoms with Gasteiger partial charge in [-0.2, -0.15) is 0 Å². The summed E-state index contributed by atoms with van der Waals surface area (Å²) < 4.78 is 0. The van der Waals surface area contributed by atoms with Gasteiger partial charge in [-0.15, -0.1) is 11.3 Å². The van der Waals surface area contributed by atoms with Crippen LogP contribution in [0, 0.1) is 0 Å². The van der Waals surface area contributed by atoms with Crippen molar-refractivity contribution >= 4 is 16.5 Å². The summed E-state index contributed by atoms with van der Waals surface area (Å²) in [6.07, 6.45) is 8.02. The fourth-order valence-electron chi connectivity index (χ4n) is 2.57. The quantitative estimate of drug-likeness (QED) is 0.898. The zero-order valence-electron chi connectivity index (χ0n) is 10.3. The largest absolute Gasteiger partial charge is 0.348 e. The topological polar surface area (TPSA) is 42.1 Å². The summed E-state index contributed by atoms with van der Waals surface area (Å²) in [5, 5.41) is 1.23. The Morgan fingerprint density at radius 1 is 1.18 bits per heavy atom. The van der Waals surface area contributed by atoms with Crippen molar-refractivity contribution in [3.63, 3.8) is 0 Å². The zero-order chi connectivity index (χ0) is 11.7. The lowest BCUT2D eigenvalue weighted by Crippen LogP contribution is -2.23. The highest BCUT2D eigenvalue weighted by molar-refractivity contribution is 7.15. The molecule has 1 aromatic rings. The first-order valence-electron chi connectivity index (χ1n) is 6.83. The second-order valence-corrected chi connectivity index (χ2v) is 6.25. The maximum atomic E-state index is 5.84. The van der Waals surface area contributed by atoms with E-state index in [1.807, 2.05) is 11.3 Å². The third-order valence-electron chi connectivity index (χ3n) is 3.74. The van der Waals surface area contributed by atoms with Crippen LogP contribution in [0.3, 0.4) is 0 Å². The molecule has 2 N–H and O–H groups in total. The van der Waals surface area contributed by atoms with E-state index in [1.54, 1.807) is 0 Å². The molecule has 3 rings (SSSR count). The second-order valence-electron chi connectivity index (χ2n) is 5.18. The van der Waals surface area contributed by atoms with Crippen LogP contribution < -0.4 is 10.6 Å². The Morgan fingerprint density at radius 3 is 2.47 bits per heavy atom. The van der Waals surface area contributed by atoms with Gasteiger partial charge in [-0.25, -0.2) is 4.98 Å². The van der Waals surface area contributed by atoms with Crippen LogP contribution in [0.15, 0.2) is 0 Å². The molecule has 2 aliphatic rings. The van der Waals surface area contributed by atoms with Crippen LogP contribution in [0.2, 0.25) is 0 Å². The Labute approximate surface area is 107 Å². The maximum Gasteiger partial charge on any atom is 0.185 e. The highest BCUT2D eigenvalue weighted by Gasteiger charge is 2.30. The molecule has 0 radical (unpaired) electrons. The Balaban J connectivity index is 1.81. The minimum Gasteiger partial charge on any atom is -0.348 e. The van der Waals surface area contributed by atoms with Crippen LogP contribution in [0.4, 0.5) is 5.13 Å². The van der Waals surface area contributed by atoms with Gasteiger partial charge in [0.1, 0.15) is 0 Å². The summed E-state index contributed by atoms with van der Waals surface area (Å²) in [6, 6.07) is 0. The van der Waals surface area contributed by atoms with Crippen LogP contribution in [0.5, 0.6) is 0 Å². The van der Waals surface area contributed by atoms with Gasteiger partial charge in [0.2, 0.25) is 0 Å². The first-order chi connectivity index (χ1) is 8.38. The van der Waals surface area contributed by atoms with E-state index in [2.05, 4.69) is 4.90 Å². The van der Waals surface area contributed by atoms with Crippen molar-refractivity contribution in [2.24, 2.45) is 5.73 Å². The van der Waals surface area contributed by atoms with Crippen LogP contribution in [0.25, 0.3) is 0 Å². The summed E-state index contributed by atoms with van der Waals surface area (Å²) in [4.78, 5) is 8.67. The van der Waals surface area contributed by atoms with Gasteiger partial charge >= 0.3 is 0 Å². The summed E-state index contributed by atoms with van der Waals surface area (Å²) in [5.74, 6) is 0.727. The smallest absolute Gasteiger partial charge is 0.185 e. The summed E-state index contributed by atoms with van der Waals surface area (Å²) in [5.41, 5.74) is 7.16. The number of nitrogens with two attached hydrogens (primary N) is 1. The molecule has 94 valence electrons. The molecule has 0 aromatic carbocycles. The van der Waals surface area contributed by atoms with Gasteiger partial charge in [0.25, 0.3) is 0 Å². The molecule has 0 spiro atoms. The third kappa shape index (κ3) is 2.47. The molecule has 3 nitrogen and oxygen atoms in total. The number of nitrogens with zero attached hydrogens (tertiary/aromatic N) is 2. The molecule has 0 bridgehead atoms. The van der Waals surface area contributed by atoms with Gasteiger partial charge in [0.15, 0.2) is 5.13 Å². The Kier molecular flexibility index (Phi) is 3.34. The highest BCUT2D eigenvalue weighted by Crippen LogP contribution is 2.44. The molecule has 17 heavy (non-hydrogen) atoms. The molecular formula is C13H21N3S. The number of anilines is 1. The molecule has 1 saturated carbocycles. The van der Waals surface area contributed by atoms with E-state index in [0.717, 1.165) is 5.92 Å². The van der Waals surface area contributed by atoms with Crippen LogP contribution >= 0.6 is 11.3 Å². The molecule has 1 aliphatic carbocycles. The number of thiazole rings is 1. The molecule has 1 saturated heterocycles. The highest BCUT2D eigenvalue weighted by atomic mass is 32.1. The zero-order valence-corrected chi connectivity index (χ0v) is 11.1. The SMILES string of the molecule is NCc1sc(N2CCCCCC2)nc1C1CC1. The van der Waals surface area contributed by atoms with E-state index in [4.69, 9.17) is 10.7 Å².